The summed E-state index contributed by atoms with van der Waals surface area (Å²) < 4.78 is 49.4. The van der Waals surface area contributed by atoms with E-state index in [9.17, 15) is 4.79 Å². The normalized spacial score (nSPS) is 13.5. The van der Waals surface area contributed by atoms with Crippen LogP contribution >= 0.6 is 0 Å². The van der Waals surface area contributed by atoms with E-state index in [1.807, 2.05) is 86.3 Å². The highest BCUT2D eigenvalue weighted by Gasteiger charge is 2.29. The number of aromatic nitrogens is 1. The highest BCUT2D eigenvalue weighted by molar-refractivity contribution is 5.75. The van der Waals surface area contributed by atoms with Gasteiger partial charge in [-0.15, -0.1) is 0 Å². The molecular formula is C35H37F2N3O4. The van der Waals surface area contributed by atoms with E-state index in [1.165, 1.54) is 6.07 Å². The van der Waals surface area contributed by atoms with Crippen molar-refractivity contribution in [2.24, 2.45) is 0 Å². The Balaban J connectivity index is 1.40. The molecule has 3 aromatic carbocycles. The molecule has 1 saturated heterocycles. The van der Waals surface area contributed by atoms with Gasteiger partial charge in [-0.2, -0.15) is 4.98 Å². The van der Waals surface area contributed by atoms with Crippen molar-refractivity contribution < 1.29 is 27.8 Å². The number of ether oxygens (including phenoxy) is 3. The predicted octanol–water partition coefficient (Wildman–Crippen LogP) is 7.55. The van der Waals surface area contributed by atoms with Crippen LogP contribution in [0, 0.1) is 18.6 Å². The van der Waals surface area contributed by atoms with E-state index in [0.29, 0.717) is 37.4 Å². The number of pyridine rings is 1. The van der Waals surface area contributed by atoms with Crippen molar-refractivity contribution in [2.45, 2.75) is 46.5 Å². The van der Waals surface area contributed by atoms with Gasteiger partial charge < -0.3 is 24.0 Å². The fraction of sp³-hybridized carbons (Fsp3) is 0.314. The lowest BCUT2D eigenvalue weighted by atomic mass is 10.00. The quantitative estimate of drug-likeness (QED) is 0.208. The number of hydrogen-bond acceptors (Lipinski definition) is 6. The van der Waals surface area contributed by atoms with Crippen LogP contribution in [-0.4, -0.2) is 47.8 Å². The van der Waals surface area contributed by atoms with Crippen molar-refractivity contribution in [3.8, 4) is 22.9 Å². The fourth-order valence-electron chi connectivity index (χ4n) is 5.00. The third-order valence-corrected chi connectivity index (χ3v) is 7.26. The van der Waals surface area contributed by atoms with Crippen molar-refractivity contribution in [3.05, 3.63) is 107 Å². The highest BCUT2D eigenvalue weighted by atomic mass is 19.1. The number of amides is 1. The molecule has 0 aliphatic carbocycles. The fourth-order valence-corrected chi connectivity index (χ4v) is 5.00. The monoisotopic (exact) mass is 601 g/mol. The van der Waals surface area contributed by atoms with Gasteiger partial charge in [0.15, 0.2) is 0 Å². The van der Waals surface area contributed by atoms with E-state index in [2.05, 4.69) is 4.98 Å². The van der Waals surface area contributed by atoms with Gasteiger partial charge in [-0.1, -0.05) is 60.7 Å². The summed E-state index contributed by atoms with van der Waals surface area (Å²) in [6.45, 7) is 9.11. The first-order chi connectivity index (χ1) is 21.1. The molecule has 0 radical (unpaired) electrons. The van der Waals surface area contributed by atoms with Crippen LogP contribution in [0.5, 0.6) is 11.8 Å². The molecule has 0 saturated carbocycles. The van der Waals surface area contributed by atoms with Crippen LogP contribution in [0.4, 0.5) is 19.3 Å². The Hall–Kier alpha value is -4.66. The molecule has 7 nitrogen and oxygen atoms in total. The number of carbonyl (C=O) groups excluding carboxylic acids is 1. The molecule has 230 valence electrons. The zero-order valence-corrected chi connectivity index (χ0v) is 25.5. The summed E-state index contributed by atoms with van der Waals surface area (Å²) in [5.74, 6) is -1.09. The standard InChI is InChI=1S/C35H37F2N3O4/c1-24-29(39-17-19-40(20-18-39)34(41)44-35(2,3)4)21-28(36)31(32(24)37)27-15-16-30(42-22-25-11-7-5-8-12-25)38-33(27)43-23-26-13-9-6-10-14-26/h5-16,21H,17-20,22-23H2,1-4H3. The summed E-state index contributed by atoms with van der Waals surface area (Å²) in [4.78, 5) is 20.5. The first kappa shape index (κ1) is 30.8. The summed E-state index contributed by atoms with van der Waals surface area (Å²) in [6.07, 6.45) is -0.395. The van der Waals surface area contributed by atoms with Crippen LogP contribution in [0.15, 0.2) is 78.9 Å². The van der Waals surface area contributed by atoms with Crippen LogP contribution < -0.4 is 14.4 Å². The molecule has 1 aromatic heterocycles. The summed E-state index contributed by atoms with van der Waals surface area (Å²) in [5, 5.41) is 0. The molecule has 0 bridgehead atoms. The highest BCUT2D eigenvalue weighted by Crippen LogP contribution is 2.39. The maximum Gasteiger partial charge on any atom is 0.410 e. The third-order valence-electron chi connectivity index (χ3n) is 7.26. The average Bonchev–Trinajstić information content (AvgIpc) is 3.01. The zero-order valence-electron chi connectivity index (χ0n) is 25.5. The van der Waals surface area contributed by atoms with Gasteiger partial charge in [0.25, 0.3) is 0 Å². The molecule has 44 heavy (non-hydrogen) atoms. The average molecular weight is 602 g/mol. The van der Waals surface area contributed by atoms with E-state index >= 15 is 8.78 Å². The minimum Gasteiger partial charge on any atom is -0.473 e. The SMILES string of the molecule is Cc1c(N2CCN(C(=O)OC(C)(C)C)CC2)cc(F)c(-c2ccc(OCc3ccccc3)nc2OCc2ccccc2)c1F. The maximum absolute atomic E-state index is 16.1. The Bertz CT molecular complexity index is 1590. The second-order valence-corrected chi connectivity index (χ2v) is 11.7. The molecule has 4 aromatic rings. The smallest absolute Gasteiger partial charge is 0.410 e. The number of piperazine rings is 1. The number of nitrogens with zero attached hydrogens (tertiary/aromatic N) is 3. The summed E-state index contributed by atoms with van der Waals surface area (Å²) in [5.41, 5.74) is 1.95. The molecular weight excluding hydrogens is 564 g/mol. The largest absolute Gasteiger partial charge is 0.473 e. The molecule has 0 spiro atoms. The van der Waals surface area contributed by atoms with Gasteiger partial charge in [0.05, 0.1) is 11.1 Å². The van der Waals surface area contributed by atoms with E-state index in [4.69, 9.17) is 14.2 Å². The second-order valence-electron chi connectivity index (χ2n) is 11.7. The lowest BCUT2D eigenvalue weighted by Gasteiger charge is -2.37. The summed E-state index contributed by atoms with van der Waals surface area (Å²) in [6, 6.07) is 23.6. The Morgan fingerprint density at radius 1 is 0.841 bits per heavy atom. The van der Waals surface area contributed by atoms with Crippen LogP contribution in [0.1, 0.15) is 37.5 Å². The lowest BCUT2D eigenvalue weighted by Crippen LogP contribution is -2.50. The number of rotatable bonds is 8. The summed E-state index contributed by atoms with van der Waals surface area (Å²) in [7, 11) is 0. The van der Waals surface area contributed by atoms with Gasteiger partial charge in [-0.3, -0.25) is 0 Å². The van der Waals surface area contributed by atoms with E-state index in [-0.39, 0.29) is 36.1 Å². The van der Waals surface area contributed by atoms with Crippen LogP contribution in [0.2, 0.25) is 0 Å². The van der Waals surface area contributed by atoms with E-state index in [1.54, 1.807) is 24.0 Å². The Labute approximate surface area is 257 Å². The number of hydrogen-bond donors (Lipinski definition) is 0. The van der Waals surface area contributed by atoms with Crippen molar-refractivity contribution in [2.75, 3.05) is 31.1 Å². The molecule has 2 heterocycles. The maximum atomic E-state index is 16.1. The Morgan fingerprint density at radius 2 is 1.43 bits per heavy atom. The van der Waals surface area contributed by atoms with E-state index in [0.717, 1.165) is 11.1 Å². The summed E-state index contributed by atoms with van der Waals surface area (Å²) >= 11 is 0. The molecule has 0 unspecified atom stereocenters. The van der Waals surface area contributed by atoms with E-state index < -0.39 is 23.3 Å². The lowest BCUT2D eigenvalue weighted by molar-refractivity contribution is 0.0240. The topological polar surface area (TPSA) is 64.1 Å². The number of halogens is 2. The molecule has 1 aliphatic heterocycles. The van der Waals surface area contributed by atoms with Gasteiger partial charge in [-0.25, -0.2) is 13.6 Å². The molecule has 5 rings (SSSR count). The third kappa shape index (κ3) is 7.45. The van der Waals surface area contributed by atoms with Gasteiger partial charge in [0, 0.05) is 43.5 Å². The van der Waals surface area contributed by atoms with Crippen LogP contribution in [0.25, 0.3) is 11.1 Å². The molecule has 0 atom stereocenters. The van der Waals surface area contributed by atoms with Crippen LogP contribution in [-0.2, 0) is 18.0 Å². The first-order valence-corrected chi connectivity index (χ1v) is 14.7. The van der Waals surface area contributed by atoms with Crippen molar-refractivity contribution >= 4 is 11.8 Å². The van der Waals surface area contributed by atoms with Gasteiger partial charge >= 0.3 is 6.09 Å². The van der Waals surface area contributed by atoms with Gasteiger partial charge in [-0.05, 0) is 51.0 Å². The van der Waals surface area contributed by atoms with Crippen LogP contribution in [0.3, 0.4) is 0 Å². The second kappa shape index (κ2) is 13.3. The van der Waals surface area contributed by atoms with Crippen molar-refractivity contribution in [1.82, 2.24) is 9.88 Å². The number of anilines is 1. The number of benzene rings is 3. The number of carbonyl (C=O) groups is 1. The Kier molecular flexibility index (Phi) is 9.32. The predicted molar refractivity (Wildman–Crippen MR) is 166 cm³/mol. The molecule has 1 fully saturated rings. The van der Waals surface area contributed by atoms with Gasteiger partial charge in [0.1, 0.15) is 30.4 Å². The first-order valence-electron chi connectivity index (χ1n) is 14.7. The molecule has 1 amide bonds. The zero-order chi connectivity index (χ0) is 31.3. The minimum absolute atomic E-state index is 0.0651. The Morgan fingerprint density at radius 3 is 2.02 bits per heavy atom. The van der Waals surface area contributed by atoms with Crippen molar-refractivity contribution in [3.63, 3.8) is 0 Å². The molecule has 0 N–H and O–H groups in total. The van der Waals surface area contributed by atoms with Gasteiger partial charge in [0.2, 0.25) is 11.8 Å². The van der Waals surface area contributed by atoms with Crippen molar-refractivity contribution in [1.29, 1.82) is 0 Å². The molecule has 9 heteroatoms. The molecule has 1 aliphatic rings. The minimum atomic E-state index is -0.734.